The molecular weight excluding hydrogens is 647 g/mol. The van der Waals surface area contributed by atoms with Crippen LogP contribution in [0.3, 0.4) is 0 Å². The van der Waals surface area contributed by atoms with Crippen molar-refractivity contribution in [2.24, 2.45) is 5.92 Å². The van der Waals surface area contributed by atoms with Crippen molar-refractivity contribution in [3.8, 4) is 0 Å². The molecular formula is C29H34F7N5O4S. The SMILES string of the molecule is CN(C(=O)N(C)[C@@H]1CN(C(=O)C2CCN(S(=O)(=O)N(C)C)CC2)C[C@H]1c1ccc(F)cc1)c1cc(C(F)(F)F)cc(C(F)(F)F)c1. The van der Waals surface area contributed by atoms with Gasteiger partial charge in [-0.25, -0.2) is 9.18 Å². The van der Waals surface area contributed by atoms with E-state index in [1.165, 1.54) is 54.6 Å². The summed E-state index contributed by atoms with van der Waals surface area (Å²) in [6, 6.07) is 4.52. The number of amides is 3. The number of carbonyl (C=O) groups is 2. The minimum absolute atomic E-state index is 0.0242. The number of likely N-dealkylation sites (N-methyl/N-ethyl adjacent to an activating group) is 1. The Kier molecular flexibility index (Phi) is 10.00. The lowest BCUT2D eigenvalue weighted by molar-refractivity contribution is -0.143. The molecule has 2 aromatic rings. The summed E-state index contributed by atoms with van der Waals surface area (Å²) < 4.78 is 122. The molecule has 0 N–H and O–H groups in total. The molecule has 2 saturated heterocycles. The zero-order chi connectivity index (χ0) is 34.4. The standard InChI is InChI=1S/C29H34F7N5O4S/c1-37(2)46(44,45)41-11-9-19(10-12-41)26(42)40-16-24(18-5-7-22(30)8-6-18)25(17-40)39(4)27(43)38(3)23-14-20(28(31,32)33)13-21(15-23)29(34,35)36/h5-8,13-15,19,24-25H,9-12,16-17H2,1-4H3/t24-,25+/m0/s1. The van der Waals surface area contributed by atoms with Gasteiger partial charge in [0.2, 0.25) is 5.91 Å². The minimum atomic E-state index is -5.11. The monoisotopic (exact) mass is 681 g/mol. The van der Waals surface area contributed by atoms with Gasteiger partial charge in [-0.05, 0) is 48.7 Å². The molecule has 2 aliphatic heterocycles. The van der Waals surface area contributed by atoms with E-state index in [4.69, 9.17) is 0 Å². The van der Waals surface area contributed by atoms with Crippen molar-refractivity contribution < 1.29 is 48.7 Å². The summed E-state index contributed by atoms with van der Waals surface area (Å²) >= 11 is 0. The molecule has 254 valence electrons. The lowest BCUT2D eigenvalue weighted by atomic mass is 9.93. The fraction of sp³-hybridized carbons (Fsp3) is 0.517. The van der Waals surface area contributed by atoms with E-state index in [2.05, 4.69) is 0 Å². The van der Waals surface area contributed by atoms with Crippen molar-refractivity contribution >= 4 is 27.8 Å². The van der Waals surface area contributed by atoms with E-state index in [9.17, 15) is 48.7 Å². The van der Waals surface area contributed by atoms with Gasteiger partial charge in [0, 0.05) is 71.9 Å². The Labute approximate surface area is 262 Å². The van der Waals surface area contributed by atoms with Crippen molar-refractivity contribution in [1.82, 2.24) is 18.4 Å². The van der Waals surface area contributed by atoms with Crippen LogP contribution in [0, 0.1) is 11.7 Å². The summed E-state index contributed by atoms with van der Waals surface area (Å²) in [6.45, 7) is 0.309. The molecule has 2 fully saturated rings. The number of hydrogen-bond donors (Lipinski definition) is 0. The molecule has 0 aliphatic carbocycles. The average molecular weight is 682 g/mol. The number of likely N-dealkylation sites (tertiary alicyclic amines) is 1. The lowest BCUT2D eigenvalue weighted by Gasteiger charge is -2.34. The number of hydrogen-bond acceptors (Lipinski definition) is 4. The van der Waals surface area contributed by atoms with Crippen LogP contribution in [0.2, 0.25) is 0 Å². The Morgan fingerprint density at radius 3 is 1.83 bits per heavy atom. The van der Waals surface area contributed by atoms with Crippen LogP contribution in [0.4, 0.5) is 41.2 Å². The Hall–Kier alpha value is -3.44. The first-order valence-corrected chi connectivity index (χ1v) is 15.6. The first-order valence-electron chi connectivity index (χ1n) is 14.2. The Morgan fingerprint density at radius 2 is 1.35 bits per heavy atom. The van der Waals surface area contributed by atoms with Crippen LogP contribution >= 0.6 is 0 Å². The minimum Gasteiger partial charge on any atom is -0.340 e. The Morgan fingerprint density at radius 1 is 0.826 bits per heavy atom. The molecule has 2 heterocycles. The quantitative estimate of drug-likeness (QED) is 0.408. The van der Waals surface area contributed by atoms with Gasteiger partial charge in [0.05, 0.1) is 17.2 Å². The molecule has 4 rings (SSSR count). The molecule has 0 bridgehead atoms. The number of anilines is 1. The normalized spacial score (nSPS) is 20.3. The molecule has 2 aromatic carbocycles. The largest absolute Gasteiger partial charge is 0.416 e. The van der Waals surface area contributed by atoms with Crippen LogP contribution in [-0.4, -0.2) is 99.2 Å². The maximum Gasteiger partial charge on any atom is 0.416 e. The molecule has 46 heavy (non-hydrogen) atoms. The number of benzene rings is 2. The fourth-order valence-electron chi connectivity index (χ4n) is 5.84. The van der Waals surface area contributed by atoms with E-state index >= 15 is 0 Å². The summed E-state index contributed by atoms with van der Waals surface area (Å²) in [5.74, 6) is -1.90. The summed E-state index contributed by atoms with van der Waals surface area (Å²) in [4.78, 5) is 30.6. The zero-order valence-electron chi connectivity index (χ0n) is 25.4. The highest BCUT2D eigenvalue weighted by Crippen LogP contribution is 2.39. The second kappa shape index (κ2) is 13.0. The molecule has 0 aromatic heterocycles. The van der Waals surface area contributed by atoms with Gasteiger partial charge in [-0.1, -0.05) is 12.1 Å². The predicted octanol–water partition coefficient (Wildman–Crippen LogP) is 4.86. The third-order valence-corrected chi connectivity index (χ3v) is 10.5. The molecule has 9 nitrogen and oxygen atoms in total. The van der Waals surface area contributed by atoms with Gasteiger partial charge in [0.15, 0.2) is 0 Å². The van der Waals surface area contributed by atoms with E-state index in [0.717, 1.165) is 16.3 Å². The second-order valence-corrected chi connectivity index (χ2v) is 13.8. The third-order valence-electron chi connectivity index (χ3n) is 8.54. The molecule has 0 radical (unpaired) electrons. The zero-order valence-corrected chi connectivity index (χ0v) is 26.3. The predicted molar refractivity (Wildman–Crippen MR) is 154 cm³/mol. The molecule has 2 atom stereocenters. The van der Waals surface area contributed by atoms with Crippen molar-refractivity contribution in [1.29, 1.82) is 0 Å². The van der Waals surface area contributed by atoms with E-state index in [0.29, 0.717) is 22.6 Å². The topological polar surface area (TPSA) is 84.5 Å². The van der Waals surface area contributed by atoms with Crippen molar-refractivity contribution in [3.63, 3.8) is 0 Å². The van der Waals surface area contributed by atoms with Gasteiger partial charge in [0.25, 0.3) is 10.2 Å². The second-order valence-electron chi connectivity index (χ2n) is 11.6. The summed E-state index contributed by atoms with van der Waals surface area (Å²) in [6.07, 6.45) is -9.72. The maximum absolute atomic E-state index is 13.8. The van der Waals surface area contributed by atoms with Crippen molar-refractivity contribution in [2.75, 3.05) is 59.3 Å². The van der Waals surface area contributed by atoms with Crippen LogP contribution in [0.5, 0.6) is 0 Å². The van der Waals surface area contributed by atoms with Crippen LogP contribution in [-0.2, 0) is 27.4 Å². The number of alkyl halides is 6. The summed E-state index contributed by atoms with van der Waals surface area (Å²) in [5, 5.41) is 0. The number of carbonyl (C=O) groups excluding carboxylic acids is 2. The Bertz CT molecular complexity index is 1510. The van der Waals surface area contributed by atoms with Crippen LogP contribution in [0.25, 0.3) is 0 Å². The summed E-state index contributed by atoms with van der Waals surface area (Å²) in [5.41, 5.74) is -3.23. The van der Waals surface area contributed by atoms with E-state index in [1.54, 1.807) is 0 Å². The highest BCUT2D eigenvalue weighted by atomic mass is 32.2. The number of urea groups is 1. The summed E-state index contributed by atoms with van der Waals surface area (Å²) in [7, 11) is 1.53. The third kappa shape index (κ3) is 7.41. The van der Waals surface area contributed by atoms with Gasteiger partial charge in [-0.15, -0.1) is 0 Å². The maximum atomic E-state index is 13.8. The van der Waals surface area contributed by atoms with Gasteiger partial charge >= 0.3 is 18.4 Å². The number of nitrogens with zero attached hydrogens (tertiary/aromatic N) is 5. The average Bonchev–Trinajstić information content (AvgIpc) is 3.44. The highest BCUT2D eigenvalue weighted by molar-refractivity contribution is 7.86. The molecule has 2 aliphatic rings. The van der Waals surface area contributed by atoms with Crippen LogP contribution in [0.15, 0.2) is 42.5 Å². The first-order chi connectivity index (χ1) is 21.2. The van der Waals surface area contributed by atoms with Gasteiger partial charge in [-0.3, -0.25) is 9.69 Å². The van der Waals surface area contributed by atoms with Crippen LogP contribution < -0.4 is 4.90 Å². The molecule has 0 spiro atoms. The Balaban J connectivity index is 1.59. The number of halogens is 7. The van der Waals surface area contributed by atoms with Gasteiger partial charge in [0.1, 0.15) is 5.82 Å². The molecule has 0 unspecified atom stereocenters. The smallest absolute Gasteiger partial charge is 0.340 e. The van der Waals surface area contributed by atoms with Crippen molar-refractivity contribution in [2.45, 2.75) is 37.2 Å². The molecule has 17 heteroatoms. The van der Waals surface area contributed by atoms with E-state index < -0.39 is 69.1 Å². The van der Waals surface area contributed by atoms with Gasteiger partial charge in [-0.2, -0.15) is 43.4 Å². The first kappa shape index (κ1) is 35.4. The molecule has 0 saturated carbocycles. The van der Waals surface area contributed by atoms with Gasteiger partial charge < -0.3 is 9.80 Å². The van der Waals surface area contributed by atoms with Crippen molar-refractivity contribution in [3.05, 3.63) is 65.0 Å². The number of rotatable bonds is 6. The molecule has 3 amide bonds. The lowest BCUT2D eigenvalue weighted by Crippen LogP contribution is -2.49. The highest BCUT2D eigenvalue weighted by Gasteiger charge is 2.44. The van der Waals surface area contributed by atoms with Crippen LogP contribution in [0.1, 0.15) is 35.4 Å². The fourth-order valence-corrected chi connectivity index (χ4v) is 6.97. The van der Waals surface area contributed by atoms with E-state index in [1.807, 2.05) is 0 Å². The number of piperidine rings is 1. The van der Waals surface area contributed by atoms with E-state index in [-0.39, 0.29) is 51.0 Å².